The predicted octanol–water partition coefficient (Wildman–Crippen LogP) is 0.753. The summed E-state index contributed by atoms with van der Waals surface area (Å²) < 4.78 is 0. The fraction of sp³-hybridized carbons (Fsp3) is 0.529. The first-order valence-electron chi connectivity index (χ1n) is 7.91. The lowest BCUT2D eigenvalue weighted by atomic mass is 10.2. The fourth-order valence-electron chi connectivity index (χ4n) is 2.22. The molecule has 0 saturated carbocycles. The molecule has 0 spiro atoms. The number of hydrogen-bond acceptors (Lipinski definition) is 2. The van der Waals surface area contributed by atoms with Gasteiger partial charge in [-0.3, -0.25) is 9.59 Å². The summed E-state index contributed by atoms with van der Waals surface area (Å²) in [5.74, 6) is -0.0916. The van der Waals surface area contributed by atoms with E-state index in [1.165, 1.54) is 0 Å². The first kappa shape index (κ1) is 18.2. The zero-order valence-corrected chi connectivity index (χ0v) is 14.0. The Hall–Kier alpha value is -1.88. The van der Waals surface area contributed by atoms with Gasteiger partial charge in [-0.2, -0.15) is 0 Å². The molecule has 0 bridgehead atoms. The molecule has 2 amide bonds. The second-order valence-corrected chi connectivity index (χ2v) is 5.81. The number of nitrogens with one attached hydrogen (secondary N) is 3. The molecular weight excluding hydrogens is 278 g/mol. The van der Waals surface area contributed by atoms with Crippen LogP contribution in [0.3, 0.4) is 0 Å². The second kappa shape index (κ2) is 9.20. The molecule has 1 unspecified atom stereocenters. The third-order valence-electron chi connectivity index (χ3n) is 3.61. The molecule has 0 aliphatic rings. The SMILES string of the molecule is CCC(CC)NC(=O)C[NH+](C)CC(=O)Nc1ccc(C)cc1. The third kappa shape index (κ3) is 6.72. The van der Waals surface area contributed by atoms with Crippen molar-refractivity contribution in [1.29, 1.82) is 0 Å². The van der Waals surface area contributed by atoms with E-state index < -0.39 is 0 Å². The molecule has 0 aliphatic carbocycles. The van der Waals surface area contributed by atoms with E-state index in [2.05, 4.69) is 24.5 Å². The van der Waals surface area contributed by atoms with Gasteiger partial charge in [-0.05, 0) is 31.9 Å². The number of likely N-dealkylation sites (N-methyl/N-ethyl adjacent to an activating group) is 1. The van der Waals surface area contributed by atoms with Crippen molar-refractivity contribution in [2.45, 2.75) is 39.7 Å². The van der Waals surface area contributed by atoms with Crippen LogP contribution in [0.4, 0.5) is 5.69 Å². The lowest BCUT2D eigenvalue weighted by Gasteiger charge is -2.17. The molecule has 0 radical (unpaired) electrons. The minimum atomic E-state index is -0.0864. The Morgan fingerprint density at radius 1 is 1.05 bits per heavy atom. The summed E-state index contributed by atoms with van der Waals surface area (Å²) in [7, 11) is 1.85. The molecule has 0 fully saturated rings. The molecular formula is C17H28N3O2+. The number of carbonyl (C=O) groups excluding carboxylic acids is 2. The predicted molar refractivity (Wildman–Crippen MR) is 88.9 cm³/mol. The number of rotatable bonds is 8. The van der Waals surface area contributed by atoms with Crippen molar-refractivity contribution < 1.29 is 14.5 Å². The van der Waals surface area contributed by atoms with Gasteiger partial charge < -0.3 is 15.5 Å². The van der Waals surface area contributed by atoms with E-state index in [-0.39, 0.29) is 24.4 Å². The van der Waals surface area contributed by atoms with Gasteiger partial charge >= 0.3 is 0 Å². The Labute approximate surface area is 133 Å². The van der Waals surface area contributed by atoms with Crippen molar-refractivity contribution in [2.24, 2.45) is 0 Å². The van der Waals surface area contributed by atoms with Crippen LogP contribution in [0, 0.1) is 6.92 Å². The van der Waals surface area contributed by atoms with Crippen molar-refractivity contribution in [3.05, 3.63) is 29.8 Å². The Kier molecular flexibility index (Phi) is 7.60. The summed E-state index contributed by atoms with van der Waals surface area (Å²) in [5, 5.41) is 5.83. The number of anilines is 1. The van der Waals surface area contributed by atoms with E-state index in [4.69, 9.17) is 0 Å². The standard InChI is InChI=1S/C17H27N3O2/c1-5-14(6-2)18-16(21)11-20(4)12-17(22)19-15-9-7-13(3)8-10-15/h7-10,14H,5-6,11-12H2,1-4H3,(H,18,21)(H,19,22)/p+1. The normalized spacial score (nSPS) is 12.0. The van der Waals surface area contributed by atoms with Gasteiger partial charge in [0.15, 0.2) is 13.1 Å². The molecule has 0 saturated heterocycles. The summed E-state index contributed by atoms with van der Waals surface area (Å²) in [6.07, 6.45) is 1.85. The van der Waals surface area contributed by atoms with Gasteiger partial charge in [0.25, 0.3) is 11.8 Å². The van der Waals surface area contributed by atoms with E-state index in [0.717, 1.165) is 29.0 Å². The maximum atomic E-state index is 12.0. The van der Waals surface area contributed by atoms with Gasteiger partial charge in [-0.25, -0.2) is 0 Å². The van der Waals surface area contributed by atoms with Crippen molar-refractivity contribution in [3.63, 3.8) is 0 Å². The van der Waals surface area contributed by atoms with E-state index in [0.29, 0.717) is 6.54 Å². The van der Waals surface area contributed by atoms with Crippen molar-refractivity contribution >= 4 is 17.5 Å². The zero-order chi connectivity index (χ0) is 16.5. The van der Waals surface area contributed by atoms with Crippen molar-refractivity contribution in [1.82, 2.24) is 5.32 Å². The Morgan fingerprint density at radius 3 is 2.14 bits per heavy atom. The van der Waals surface area contributed by atoms with Crippen LogP contribution in [-0.4, -0.2) is 38.0 Å². The minimum Gasteiger partial charge on any atom is -0.349 e. The van der Waals surface area contributed by atoms with Gasteiger partial charge in [-0.1, -0.05) is 31.5 Å². The summed E-state index contributed by atoms with van der Waals surface area (Å²) in [4.78, 5) is 24.7. The molecule has 1 aromatic carbocycles. The molecule has 5 nitrogen and oxygen atoms in total. The molecule has 0 aliphatic heterocycles. The molecule has 1 atom stereocenters. The van der Waals surface area contributed by atoms with Crippen molar-refractivity contribution in [2.75, 3.05) is 25.5 Å². The van der Waals surface area contributed by atoms with Crippen LogP contribution < -0.4 is 15.5 Å². The average molecular weight is 306 g/mol. The molecule has 0 heterocycles. The first-order chi connectivity index (χ1) is 10.4. The second-order valence-electron chi connectivity index (χ2n) is 5.81. The quantitative estimate of drug-likeness (QED) is 0.664. The van der Waals surface area contributed by atoms with E-state index in [9.17, 15) is 9.59 Å². The number of amides is 2. The third-order valence-corrected chi connectivity index (χ3v) is 3.61. The van der Waals surface area contributed by atoms with Crippen molar-refractivity contribution in [3.8, 4) is 0 Å². The van der Waals surface area contributed by atoms with Crippen LogP contribution in [0.1, 0.15) is 32.3 Å². The molecule has 5 heteroatoms. The summed E-state index contributed by atoms with van der Waals surface area (Å²) in [5.41, 5.74) is 1.93. The van der Waals surface area contributed by atoms with E-state index in [1.54, 1.807) is 0 Å². The number of hydrogen-bond donors (Lipinski definition) is 3. The van der Waals surface area contributed by atoms with Crippen LogP contribution in [0.25, 0.3) is 0 Å². The maximum absolute atomic E-state index is 12.0. The molecule has 0 aromatic heterocycles. The van der Waals surface area contributed by atoms with Crippen LogP contribution in [0.2, 0.25) is 0 Å². The number of aryl methyl sites for hydroxylation is 1. The Balaban J connectivity index is 2.37. The number of carbonyl (C=O) groups is 2. The summed E-state index contributed by atoms with van der Waals surface area (Å²) in [6, 6.07) is 7.89. The van der Waals surface area contributed by atoms with E-state index >= 15 is 0 Å². The van der Waals surface area contributed by atoms with Gasteiger partial charge in [0.05, 0.1) is 7.05 Å². The highest BCUT2D eigenvalue weighted by Gasteiger charge is 2.16. The lowest BCUT2D eigenvalue weighted by Crippen LogP contribution is -3.11. The van der Waals surface area contributed by atoms with Crippen LogP contribution in [0.5, 0.6) is 0 Å². The van der Waals surface area contributed by atoms with Gasteiger partial charge in [0.2, 0.25) is 0 Å². The van der Waals surface area contributed by atoms with Gasteiger partial charge in [-0.15, -0.1) is 0 Å². The minimum absolute atomic E-state index is 0.00524. The van der Waals surface area contributed by atoms with E-state index in [1.807, 2.05) is 38.2 Å². The molecule has 1 rings (SSSR count). The topological polar surface area (TPSA) is 62.6 Å². The highest BCUT2D eigenvalue weighted by molar-refractivity contribution is 5.91. The summed E-state index contributed by atoms with van der Waals surface area (Å²) >= 11 is 0. The van der Waals surface area contributed by atoms with Gasteiger partial charge in [0, 0.05) is 11.7 Å². The lowest BCUT2D eigenvalue weighted by molar-refractivity contribution is -0.862. The van der Waals surface area contributed by atoms with Crippen LogP contribution >= 0.6 is 0 Å². The number of quaternary nitrogens is 1. The largest absolute Gasteiger partial charge is 0.349 e. The molecule has 22 heavy (non-hydrogen) atoms. The molecule has 1 aromatic rings. The molecule has 122 valence electrons. The fourth-order valence-corrected chi connectivity index (χ4v) is 2.22. The first-order valence-corrected chi connectivity index (χ1v) is 7.91. The Bertz CT molecular complexity index is 481. The smallest absolute Gasteiger partial charge is 0.279 e. The van der Waals surface area contributed by atoms with Crippen LogP contribution in [0.15, 0.2) is 24.3 Å². The monoisotopic (exact) mass is 306 g/mol. The average Bonchev–Trinajstić information content (AvgIpc) is 2.46. The highest BCUT2D eigenvalue weighted by atomic mass is 16.2. The zero-order valence-electron chi connectivity index (χ0n) is 14.0. The van der Waals surface area contributed by atoms with Crippen LogP contribution in [-0.2, 0) is 9.59 Å². The maximum Gasteiger partial charge on any atom is 0.279 e. The number of benzene rings is 1. The molecule has 3 N–H and O–H groups in total. The Morgan fingerprint density at radius 2 is 1.59 bits per heavy atom. The highest BCUT2D eigenvalue weighted by Crippen LogP contribution is 2.07. The van der Waals surface area contributed by atoms with Gasteiger partial charge in [0.1, 0.15) is 0 Å². The summed E-state index contributed by atoms with van der Waals surface area (Å²) in [6.45, 7) is 6.68.